The number of nitrogens with zero attached hydrogens (tertiary/aromatic N) is 2. The highest BCUT2D eigenvalue weighted by atomic mass is 16.5. The molecular weight excluding hydrogens is 280 g/mol. The largest absolute Gasteiger partial charge is 0.481 e. The van der Waals surface area contributed by atoms with Crippen molar-refractivity contribution < 1.29 is 9.84 Å². The number of hydrogen-bond donors (Lipinski definition) is 1. The van der Waals surface area contributed by atoms with Crippen molar-refractivity contribution in [3.8, 4) is 5.88 Å². The van der Waals surface area contributed by atoms with Gasteiger partial charge in [0.1, 0.15) is 5.60 Å². The molecule has 0 amide bonds. The molecule has 0 saturated carbocycles. The van der Waals surface area contributed by atoms with E-state index in [1.807, 2.05) is 37.3 Å². The van der Waals surface area contributed by atoms with Crippen molar-refractivity contribution in [3.05, 3.63) is 64.2 Å². The summed E-state index contributed by atoms with van der Waals surface area (Å²) in [5.74, 6) is 0.266. The average Bonchev–Trinajstić information content (AvgIpc) is 2.81. The van der Waals surface area contributed by atoms with Crippen LogP contribution in [0.1, 0.15) is 30.2 Å². The number of ether oxygens (including phenoxy) is 1. The molecule has 114 valence electrons. The van der Waals surface area contributed by atoms with Crippen molar-refractivity contribution >= 4 is 5.70 Å². The van der Waals surface area contributed by atoms with Crippen LogP contribution < -0.4 is 10.4 Å². The van der Waals surface area contributed by atoms with Crippen LogP contribution in [-0.2, 0) is 12.0 Å². The van der Waals surface area contributed by atoms with E-state index in [9.17, 15) is 9.90 Å². The SMILES string of the molecule is C=C1C[C@@](O)(c2ccccc2)c2c(CC)c(OC)nc(=O)n21. The van der Waals surface area contributed by atoms with E-state index in [4.69, 9.17) is 4.74 Å². The van der Waals surface area contributed by atoms with Gasteiger partial charge in [-0.1, -0.05) is 43.8 Å². The van der Waals surface area contributed by atoms with Crippen LogP contribution in [0.2, 0.25) is 0 Å². The Kier molecular flexibility index (Phi) is 3.37. The second-order valence-electron chi connectivity index (χ2n) is 5.39. The highest BCUT2D eigenvalue weighted by Gasteiger charge is 2.44. The quantitative estimate of drug-likeness (QED) is 0.940. The molecule has 2 aromatic rings. The maximum atomic E-state index is 12.3. The molecule has 1 aromatic heterocycles. The molecule has 0 radical (unpaired) electrons. The summed E-state index contributed by atoms with van der Waals surface area (Å²) in [6.45, 7) is 5.87. The van der Waals surface area contributed by atoms with Gasteiger partial charge in [0, 0.05) is 17.7 Å². The van der Waals surface area contributed by atoms with Gasteiger partial charge in [0.25, 0.3) is 0 Å². The van der Waals surface area contributed by atoms with Gasteiger partial charge in [-0.3, -0.25) is 4.57 Å². The zero-order valence-electron chi connectivity index (χ0n) is 12.7. The van der Waals surface area contributed by atoms with Gasteiger partial charge in [-0.05, 0) is 12.0 Å². The summed E-state index contributed by atoms with van der Waals surface area (Å²) >= 11 is 0. The Morgan fingerprint density at radius 1 is 1.41 bits per heavy atom. The molecule has 0 unspecified atom stereocenters. The summed E-state index contributed by atoms with van der Waals surface area (Å²) < 4.78 is 6.65. The number of fused-ring (bicyclic) bond motifs is 1. The van der Waals surface area contributed by atoms with E-state index in [1.165, 1.54) is 11.7 Å². The first-order valence-electron chi connectivity index (χ1n) is 7.19. The lowest BCUT2D eigenvalue weighted by molar-refractivity contribution is 0.0890. The molecule has 3 rings (SSSR count). The Morgan fingerprint density at radius 2 is 2.09 bits per heavy atom. The van der Waals surface area contributed by atoms with Crippen LogP contribution in [0.5, 0.6) is 5.88 Å². The zero-order chi connectivity index (χ0) is 15.9. The fourth-order valence-electron chi connectivity index (χ4n) is 3.16. The summed E-state index contributed by atoms with van der Waals surface area (Å²) in [4.78, 5) is 16.2. The third-order valence-corrected chi connectivity index (χ3v) is 4.12. The molecule has 1 aliphatic rings. The molecule has 1 aliphatic heterocycles. The number of benzene rings is 1. The molecule has 0 spiro atoms. The fourth-order valence-corrected chi connectivity index (χ4v) is 3.16. The van der Waals surface area contributed by atoms with E-state index in [0.29, 0.717) is 17.8 Å². The lowest BCUT2D eigenvalue weighted by Gasteiger charge is -2.25. The Morgan fingerprint density at radius 3 is 2.68 bits per heavy atom. The van der Waals surface area contributed by atoms with E-state index < -0.39 is 11.3 Å². The highest BCUT2D eigenvalue weighted by molar-refractivity contribution is 5.59. The van der Waals surface area contributed by atoms with E-state index in [0.717, 1.165) is 11.1 Å². The van der Waals surface area contributed by atoms with Crippen molar-refractivity contribution in [3.63, 3.8) is 0 Å². The third-order valence-electron chi connectivity index (χ3n) is 4.12. The van der Waals surface area contributed by atoms with Crippen molar-refractivity contribution in [1.29, 1.82) is 0 Å². The molecule has 22 heavy (non-hydrogen) atoms. The summed E-state index contributed by atoms with van der Waals surface area (Å²) in [6.07, 6.45) is 0.850. The minimum Gasteiger partial charge on any atom is -0.481 e. The second kappa shape index (κ2) is 5.10. The fraction of sp³-hybridized carbons (Fsp3) is 0.294. The smallest absolute Gasteiger partial charge is 0.355 e. The molecule has 0 fully saturated rings. The average molecular weight is 298 g/mol. The van der Waals surface area contributed by atoms with Crippen LogP contribution in [0.25, 0.3) is 5.70 Å². The van der Waals surface area contributed by atoms with Crippen LogP contribution in [0, 0.1) is 0 Å². The minimum absolute atomic E-state index is 0.258. The van der Waals surface area contributed by atoms with Crippen LogP contribution in [0.4, 0.5) is 0 Å². The third kappa shape index (κ3) is 1.89. The topological polar surface area (TPSA) is 64.3 Å². The molecule has 5 heteroatoms. The summed E-state index contributed by atoms with van der Waals surface area (Å²) in [5.41, 5.74) is 0.746. The lowest BCUT2D eigenvalue weighted by Crippen LogP contribution is -2.31. The monoisotopic (exact) mass is 298 g/mol. The van der Waals surface area contributed by atoms with Gasteiger partial charge in [0.15, 0.2) is 0 Å². The second-order valence-corrected chi connectivity index (χ2v) is 5.39. The maximum absolute atomic E-state index is 12.3. The Hall–Kier alpha value is -2.40. The zero-order valence-corrected chi connectivity index (χ0v) is 12.7. The number of rotatable bonds is 3. The van der Waals surface area contributed by atoms with E-state index in [1.54, 1.807) is 0 Å². The lowest BCUT2D eigenvalue weighted by atomic mass is 9.86. The van der Waals surface area contributed by atoms with E-state index in [2.05, 4.69) is 11.6 Å². The molecule has 2 heterocycles. The van der Waals surface area contributed by atoms with Gasteiger partial charge >= 0.3 is 5.69 Å². The van der Waals surface area contributed by atoms with E-state index in [-0.39, 0.29) is 12.3 Å². The molecule has 0 bridgehead atoms. The van der Waals surface area contributed by atoms with Crippen LogP contribution in [0.15, 0.2) is 41.7 Å². The summed E-state index contributed by atoms with van der Waals surface area (Å²) in [5, 5.41) is 11.3. The molecular formula is C17H18N2O3. The van der Waals surface area contributed by atoms with Gasteiger partial charge in [0.2, 0.25) is 5.88 Å². The summed E-state index contributed by atoms with van der Waals surface area (Å²) in [6, 6.07) is 9.30. The van der Waals surface area contributed by atoms with Gasteiger partial charge in [-0.2, -0.15) is 4.98 Å². The first-order chi connectivity index (χ1) is 10.5. The van der Waals surface area contributed by atoms with Crippen molar-refractivity contribution in [2.75, 3.05) is 7.11 Å². The van der Waals surface area contributed by atoms with Gasteiger partial charge in [-0.15, -0.1) is 0 Å². The van der Waals surface area contributed by atoms with Crippen LogP contribution >= 0.6 is 0 Å². The normalized spacial score (nSPS) is 20.0. The first-order valence-corrected chi connectivity index (χ1v) is 7.19. The van der Waals surface area contributed by atoms with Gasteiger partial charge < -0.3 is 9.84 Å². The van der Waals surface area contributed by atoms with Gasteiger partial charge in [-0.25, -0.2) is 4.79 Å². The number of aromatic nitrogens is 2. The van der Waals surface area contributed by atoms with Crippen molar-refractivity contribution in [1.82, 2.24) is 9.55 Å². The molecule has 1 aromatic carbocycles. The minimum atomic E-state index is -1.29. The molecule has 1 N–H and O–H groups in total. The maximum Gasteiger partial charge on any atom is 0.355 e. The molecule has 0 saturated heterocycles. The van der Waals surface area contributed by atoms with E-state index >= 15 is 0 Å². The summed E-state index contributed by atoms with van der Waals surface area (Å²) in [7, 11) is 1.48. The molecule has 5 nitrogen and oxygen atoms in total. The van der Waals surface area contributed by atoms with Crippen LogP contribution in [-0.4, -0.2) is 21.8 Å². The predicted molar refractivity (Wildman–Crippen MR) is 83.8 cm³/mol. The molecule has 1 atom stereocenters. The first kappa shape index (κ1) is 14.5. The Labute approximate surface area is 128 Å². The van der Waals surface area contributed by atoms with Crippen molar-refractivity contribution in [2.24, 2.45) is 0 Å². The predicted octanol–water partition coefficient (Wildman–Crippen LogP) is 1.92. The van der Waals surface area contributed by atoms with Crippen molar-refractivity contribution in [2.45, 2.75) is 25.4 Å². The number of hydrogen-bond acceptors (Lipinski definition) is 4. The number of aliphatic hydroxyl groups is 1. The number of methoxy groups -OCH3 is 1. The van der Waals surface area contributed by atoms with Gasteiger partial charge in [0.05, 0.1) is 12.8 Å². The standard InChI is InChI=1S/C17H18N2O3/c1-4-13-14-17(21,12-8-6-5-7-9-12)10-11(2)19(14)16(20)18-15(13)22-3/h5-9,21H,2,4,10H2,1,3H3/t17-/m1/s1. The molecule has 0 aliphatic carbocycles. The Balaban J connectivity index is 2.38. The Bertz CT molecular complexity index is 796. The highest BCUT2D eigenvalue weighted by Crippen LogP contribution is 2.44. The van der Waals surface area contributed by atoms with Crippen LogP contribution in [0.3, 0.4) is 0 Å².